The maximum absolute atomic E-state index is 12.7. The fraction of sp³-hybridized carbons (Fsp3) is 0.381. The number of hydrogen-bond donors (Lipinski definition) is 1. The van der Waals surface area contributed by atoms with E-state index in [0.717, 1.165) is 16.9 Å². The Morgan fingerprint density at radius 3 is 2.07 bits per heavy atom. The first-order valence-electron chi connectivity index (χ1n) is 8.73. The number of ether oxygens (including phenoxy) is 3. The van der Waals surface area contributed by atoms with Crippen molar-refractivity contribution in [3.63, 3.8) is 0 Å². The molecule has 0 aromatic heterocycles. The number of carbonyl (C=O) groups is 1. The summed E-state index contributed by atoms with van der Waals surface area (Å²) in [6.45, 7) is 2.33. The van der Waals surface area contributed by atoms with E-state index in [2.05, 4.69) is 10.2 Å². The van der Waals surface area contributed by atoms with Crippen molar-refractivity contribution >= 4 is 5.91 Å². The molecule has 0 heterocycles. The Morgan fingerprint density at radius 1 is 1.00 bits per heavy atom. The van der Waals surface area contributed by atoms with Crippen LogP contribution in [-0.4, -0.2) is 52.8 Å². The normalized spacial score (nSPS) is 11.8. The molecule has 0 bridgehead atoms. The molecule has 6 nitrogen and oxygen atoms in total. The Hall–Kier alpha value is -2.73. The van der Waals surface area contributed by atoms with Crippen molar-refractivity contribution in [1.29, 1.82) is 0 Å². The Labute approximate surface area is 161 Å². The van der Waals surface area contributed by atoms with Gasteiger partial charge in [-0.05, 0) is 39.2 Å². The SMILES string of the molecule is COc1ccccc1[C@H](CNC(=O)c1cc(OC)c(C)c(OC)c1)N(C)C. The van der Waals surface area contributed by atoms with Crippen LogP contribution in [0, 0.1) is 6.92 Å². The topological polar surface area (TPSA) is 60.0 Å². The summed E-state index contributed by atoms with van der Waals surface area (Å²) in [7, 11) is 8.75. The van der Waals surface area contributed by atoms with Gasteiger partial charge in [-0.1, -0.05) is 18.2 Å². The molecule has 0 aliphatic rings. The minimum atomic E-state index is -0.187. The van der Waals surface area contributed by atoms with Crippen LogP contribution in [0.5, 0.6) is 17.2 Å². The van der Waals surface area contributed by atoms with E-state index in [1.807, 2.05) is 45.3 Å². The molecule has 0 saturated carbocycles. The number of rotatable bonds is 8. The minimum Gasteiger partial charge on any atom is -0.496 e. The van der Waals surface area contributed by atoms with E-state index < -0.39 is 0 Å². The van der Waals surface area contributed by atoms with Gasteiger partial charge in [-0.2, -0.15) is 0 Å². The summed E-state index contributed by atoms with van der Waals surface area (Å²) in [5.41, 5.74) is 2.37. The molecule has 0 spiro atoms. The second kappa shape index (κ2) is 9.28. The highest BCUT2D eigenvalue weighted by Gasteiger charge is 2.20. The highest BCUT2D eigenvalue weighted by molar-refractivity contribution is 5.95. The third-order valence-electron chi connectivity index (χ3n) is 4.59. The van der Waals surface area contributed by atoms with Crippen molar-refractivity contribution in [2.75, 3.05) is 42.0 Å². The van der Waals surface area contributed by atoms with Crippen LogP contribution in [0.15, 0.2) is 36.4 Å². The van der Waals surface area contributed by atoms with Crippen LogP contribution in [-0.2, 0) is 0 Å². The largest absolute Gasteiger partial charge is 0.496 e. The number of nitrogens with zero attached hydrogens (tertiary/aromatic N) is 1. The zero-order valence-electron chi connectivity index (χ0n) is 16.8. The first-order valence-corrected chi connectivity index (χ1v) is 8.73. The maximum atomic E-state index is 12.7. The lowest BCUT2D eigenvalue weighted by molar-refractivity contribution is 0.0940. The number of methoxy groups -OCH3 is 3. The average molecular weight is 372 g/mol. The van der Waals surface area contributed by atoms with E-state index in [4.69, 9.17) is 14.2 Å². The van der Waals surface area contributed by atoms with Crippen LogP contribution in [0.4, 0.5) is 0 Å². The summed E-state index contributed by atoms with van der Waals surface area (Å²) in [6.07, 6.45) is 0. The van der Waals surface area contributed by atoms with Crippen molar-refractivity contribution in [2.45, 2.75) is 13.0 Å². The molecule has 0 fully saturated rings. The zero-order valence-corrected chi connectivity index (χ0v) is 16.8. The summed E-state index contributed by atoms with van der Waals surface area (Å²) in [5, 5.41) is 3.01. The maximum Gasteiger partial charge on any atom is 0.251 e. The molecule has 2 aromatic rings. The molecule has 1 atom stereocenters. The van der Waals surface area contributed by atoms with Gasteiger partial charge in [-0.3, -0.25) is 4.79 Å². The van der Waals surface area contributed by atoms with Crippen LogP contribution in [0.25, 0.3) is 0 Å². The fourth-order valence-electron chi connectivity index (χ4n) is 3.02. The van der Waals surface area contributed by atoms with Crippen molar-refractivity contribution < 1.29 is 19.0 Å². The van der Waals surface area contributed by atoms with E-state index in [-0.39, 0.29) is 11.9 Å². The predicted octanol–water partition coefficient (Wildman–Crippen LogP) is 3.05. The van der Waals surface area contributed by atoms with Crippen LogP contribution < -0.4 is 19.5 Å². The average Bonchev–Trinajstić information content (AvgIpc) is 2.68. The van der Waals surface area contributed by atoms with Gasteiger partial charge < -0.3 is 24.4 Å². The van der Waals surface area contributed by atoms with Gasteiger partial charge in [0.25, 0.3) is 5.91 Å². The molecule has 0 radical (unpaired) electrons. The van der Waals surface area contributed by atoms with Crippen LogP contribution in [0.1, 0.15) is 27.5 Å². The lowest BCUT2D eigenvalue weighted by Gasteiger charge is -2.26. The van der Waals surface area contributed by atoms with E-state index >= 15 is 0 Å². The van der Waals surface area contributed by atoms with Gasteiger partial charge in [0.05, 0.1) is 27.4 Å². The molecule has 27 heavy (non-hydrogen) atoms. The summed E-state index contributed by atoms with van der Waals surface area (Å²) in [4.78, 5) is 14.8. The van der Waals surface area contributed by atoms with E-state index in [1.165, 1.54) is 0 Å². The van der Waals surface area contributed by atoms with Crippen molar-refractivity contribution in [2.24, 2.45) is 0 Å². The van der Waals surface area contributed by atoms with Gasteiger partial charge >= 0.3 is 0 Å². The summed E-state index contributed by atoms with van der Waals surface area (Å²) < 4.78 is 16.2. The van der Waals surface area contributed by atoms with E-state index in [9.17, 15) is 4.79 Å². The Morgan fingerprint density at radius 2 is 1.56 bits per heavy atom. The van der Waals surface area contributed by atoms with Gasteiger partial charge in [0.1, 0.15) is 17.2 Å². The monoisotopic (exact) mass is 372 g/mol. The van der Waals surface area contributed by atoms with Gasteiger partial charge in [-0.15, -0.1) is 0 Å². The van der Waals surface area contributed by atoms with Crippen LogP contribution >= 0.6 is 0 Å². The van der Waals surface area contributed by atoms with E-state index in [0.29, 0.717) is 23.6 Å². The lowest BCUT2D eigenvalue weighted by atomic mass is 10.0. The van der Waals surface area contributed by atoms with E-state index in [1.54, 1.807) is 33.5 Å². The molecule has 1 N–H and O–H groups in total. The highest BCUT2D eigenvalue weighted by atomic mass is 16.5. The molecule has 146 valence electrons. The second-order valence-electron chi connectivity index (χ2n) is 6.44. The summed E-state index contributed by atoms with van der Waals surface area (Å²) in [5.74, 6) is 1.85. The minimum absolute atomic E-state index is 0.0284. The third kappa shape index (κ3) is 4.71. The number of benzene rings is 2. The number of likely N-dealkylation sites (N-methyl/N-ethyl adjacent to an activating group) is 1. The quantitative estimate of drug-likeness (QED) is 0.772. The molecule has 2 aromatic carbocycles. The van der Waals surface area contributed by atoms with Gasteiger partial charge in [0.2, 0.25) is 0 Å². The molecule has 0 aliphatic carbocycles. The first kappa shape index (κ1) is 20.6. The smallest absolute Gasteiger partial charge is 0.251 e. The lowest BCUT2D eigenvalue weighted by Crippen LogP contribution is -2.34. The van der Waals surface area contributed by atoms with Crippen LogP contribution in [0.2, 0.25) is 0 Å². The van der Waals surface area contributed by atoms with Gasteiger partial charge in [-0.25, -0.2) is 0 Å². The first-order chi connectivity index (χ1) is 12.9. The van der Waals surface area contributed by atoms with Crippen molar-refractivity contribution in [1.82, 2.24) is 10.2 Å². The molecule has 1 amide bonds. The van der Waals surface area contributed by atoms with Crippen LogP contribution in [0.3, 0.4) is 0 Å². The zero-order chi connectivity index (χ0) is 20.0. The summed E-state index contributed by atoms with van der Waals surface area (Å²) >= 11 is 0. The molecule has 0 saturated heterocycles. The number of nitrogens with one attached hydrogen (secondary N) is 1. The fourth-order valence-corrected chi connectivity index (χ4v) is 3.02. The summed E-state index contributed by atoms with van der Waals surface area (Å²) in [6, 6.07) is 11.2. The number of amides is 1. The van der Waals surface area contributed by atoms with Gasteiger partial charge in [0, 0.05) is 23.2 Å². The molecular weight excluding hydrogens is 344 g/mol. The molecule has 6 heteroatoms. The highest BCUT2D eigenvalue weighted by Crippen LogP contribution is 2.30. The third-order valence-corrected chi connectivity index (χ3v) is 4.59. The Kier molecular flexibility index (Phi) is 7.07. The predicted molar refractivity (Wildman–Crippen MR) is 106 cm³/mol. The Balaban J connectivity index is 2.22. The van der Waals surface area contributed by atoms with Crippen molar-refractivity contribution in [3.8, 4) is 17.2 Å². The van der Waals surface area contributed by atoms with Crippen molar-refractivity contribution in [3.05, 3.63) is 53.1 Å². The molecule has 0 unspecified atom stereocenters. The standard InChI is InChI=1S/C21H28N2O4/c1-14-19(26-5)11-15(12-20(14)27-6)21(24)22-13-17(23(2)3)16-9-7-8-10-18(16)25-4/h7-12,17H,13H2,1-6H3,(H,22,24)/t17-/m0/s1. The molecule has 0 aliphatic heterocycles. The second-order valence-corrected chi connectivity index (χ2v) is 6.44. The Bertz CT molecular complexity index is 764. The molecule has 2 rings (SSSR count). The number of hydrogen-bond acceptors (Lipinski definition) is 5. The molecular formula is C21H28N2O4. The van der Waals surface area contributed by atoms with Gasteiger partial charge in [0.15, 0.2) is 0 Å². The number of para-hydroxylation sites is 1. The number of carbonyl (C=O) groups excluding carboxylic acids is 1.